The zero-order valence-electron chi connectivity index (χ0n) is 22.8. The molecule has 0 bridgehead atoms. The van der Waals surface area contributed by atoms with Gasteiger partial charge in [-0.2, -0.15) is 9.61 Å². The van der Waals surface area contributed by atoms with Crippen LogP contribution in [-0.2, 0) is 24.1 Å². The minimum absolute atomic E-state index is 0.0334. The Labute approximate surface area is 237 Å². The number of methoxy groups -OCH3 is 1. The van der Waals surface area contributed by atoms with Gasteiger partial charge in [-0.1, -0.05) is 36.4 Å². The predicted octanol–water partition coefficient (Wildman–Crippen LogP) is 3.01. The van der Waals surface area contributed by atoms with Gasteiger partial charge in [0.25, 0.3) is 5.91 Å². The molecule has 0 saturated heterocycles. The summed E-state index contributed by atoms with van der Waals surface area (Å²) >= 11 is 0. The number of ether oxygens (including phenoxy) is 2. The fraction of sp³-hybridized carbons (Fsp3) is 0.357. The number of nitrogens with two attached hydrogens (primary N) is 1. The van der Waals surface area contributed by atoms with Gasteiger partial charge >= 0.3 is 0 Å². The molecule has 3 aromatic heterocycles. The molecular weight excluding hydrogens is 548 g/mol. The van der Waals surface area contributed by atoms with Crippen LogP contribution in [0.2, 0.25) is 0 Å². The van der Waals surface area contributed by atoms with E-state index in [2.05, 4.69) is 10.1 Å². The highest BCUT2D eigenvalue weighted by atomic mass is 32.2. The second-order valence-corrected chi connectivity index (χ2v) is 12.1. The van der Waals surface area contributed by atoms with Crippen molar-refractivity contribution in [2.75, 3.05) is 32.3 Å². The molecule has 1 fully saturated rings. The molecule has 13 heteroatoms. The number of fused-ring (bicyclic) bond motifs is 1. The summed E-state index contributed by atoms with van der Waals surface area (Å²) in [5.74, 6) is -1.02. The second kappa shape index (κ2) is 11.5. The fourth-order valence-corrected chi connectivity index (χ4v) is 6.49. The molecule has 12 nitrogen and oxygen atoms in total. The summed E-state index contributed by atoms with van der Waals surface area (Å²) in [4.78, 5) is 21.9. The Kier molecular flexibility index (Phi) is 8.04. The van der Waals surface area contributed by atoms with Crippen LogP contribution < -0.4 is 11.2 Å². The highest BCUT2D eigenvalue weighted by Crippen LogP contribution is 2.43. The Balaban J connectivity index is 1.53. The number of nitrogens with one attached hydrogen (secondary N) is 1. The minimum atomic E-state index is -3.79. The van der Waals surface area contributed by atoms with Gasteiger partial charge in [0.1, 0.15) is 16.3 Å². The largest absolute Gasteiger partial charge is 0.382 e. The van der Waals surface area contributed by atoms with Gasteiger partial charge in [0.05, 0.1) is 30.8 Å². The van der Waals surface area contributed by atoms with Crippen LogP contribution in [0.25, 0.3) is 28.0 Å². The third-order valence-corrected chi connectivity index (χ3v) is 8.70. The first-order valence-electron chi connectivity index (χ1n) is 13.1. The standard InChI is InChI=1S/C28H32N6O6S/c1-39-14-15-40-28(27(35)33-36)12-10-19(11-13-28)23-24(41(2,37)38)25(29)34-26(32-23)21(17-31-34)20-8-9-22(30-16-20)18-6-4-3-5-7-18/h3-9,16-17,19,36H,10-15,29H2,1-2H3,(H,33,35)/t19-,28-. The van der Waals surface area contributed by atoms with Crippen LogP contribution in [-0.4, -0.2) is 71.3 Å². The summed E-state index contributed by atoms with van der Waals surface area (Å²) < 4.78 is 38.2. The van der Waals surface area contributed by atoms with E-state index in [-0.39, 0.29) is 42.7 Å². The predicted molar refractivity (Wildman–Crippen MR) is 151 cm³/mol. The van der Waals surface area contributed by atoms with Crippen molar-refractivity contribution < 1.29 is 27.9 Å². The first kappa shape index (κ1) is 28.6. The van der Waals surface area contributed by atoms with E-state index in [9.17, 15) is 18.4 Å². The molecule has 216 valence electrons. The van der Waals surface area contributed by atoms with Crippen molar-refractivity contribution in [2.45, 2.75) is 42.1 Å². The maximum absolute atomic E-state index is 13.0. The Morgan fingerprint density at radius 1 is 1.12 bits per heavy atom. The molecule has 1 aromatic carbocycles. The Bertz CT molecular complexity index is 1650. The summed E-state index contributed by atoms with van der Waals surface area (Å²) in [7, 11) is -2.27. The Hall–Kier alpha value is -3.91. The molecule has 3 heterocycles. The maximum Gasteiger partial charge on any atom is 0.275 e. The Morgan fingerprint density at radius 3 is 2.46 bits per heavy atom. The lowest BCUT2D eigenvalue weighted by Gasteiger charge is -2.38. The first-order chi connectivity index (χ1) is 19.7. The SMILES string of the molecule is COCCO[C@]1(C(=O)NO)CC[C@@H](c2nc3c(-c4ccc(-c5ccccc5)nc4)cnn3c(N)c2S(C)(=O)=O)CC1. The zero-order chi connectivity index (χ0) is 29.2. The molecular formula is C28H32N6O6S. The van der Waals surface area contributed by atoms with Crippen molar-refractivity contribution in [3.05, 3.63) is 60.6 Å². The summed E-state index contributed by atoms with van der Waals surface area (Å²) in [5, 5.41) is 13.7. The van der Waals surface area contributed by atoms with Crippen LogP contribution in [0.4, 0.5) is 5.82 Å². The van der Waals surface area contributed by atoms with Gasteiger partial charge in [-0.15, -0.1) is 0 Å². The number of hydrogen-bond donors (Lipinski definition) is 3. The molecule has 5 rings (SSSR count). The monoisotopic (exact) mass is 580 g/mol. The average molecular weight is 581 g/mol. The van der Waals surface area contributed by atoms with Crippen molar-refractivity contribution in [1.82, 2.24) is 25.1 Å². The van der Waals surface area contributed by atoms with Gasteiger partial charge in [0.15, 0.2) is 15.5 Å². The second-order valence-electron chi connectivity index (χ2n) is 10.1. The number of sulfone groups is 1. The number of carbonyl (C=O) groups is 1. The molecule has 1 aliphatic carbocycles. The van der Waals surface area contributed by atoms with E-state index < -0.39 is 21.3 Å². The summed E-state index contributed by atoms with van der Waals surface area (Å²) in [5.41, 5.74) is 10.8. The molecule has 41 heavy (non-hydrogen) atoms. The van der Waals surface area contributed by atoms with Crippen molar-refractivity contribution in [3.8, 4) is 22.4 Å². The van der Waals surface area contributed by atoms with Gasteiger partial charge in [-0.25, -0.2) is 18.9 Å². The van der Waals surface area contributed by atoms with E-state index in [1.807, 2.05) is 42.5 Å². The number of rotatable bonds is 9. The molecule has 4 aromatic rings. The zero-order valence-corrected chi connectivity index (χ0v) is 23.6. The van der Waals surface area contributed by atoms with Crippen LogP contribution >= 0.6 is 0 Å². The summed E-state index contributed by atoms with van der Waals surface area (Å²) in [6, 6.07) is 13.6. The number of anilines is 1. The first-order valence-corrected chi connectivity index (χ1v) is 15.0. The number of carbonyl (C=O) groups excluding carboxylic acids is 1. The number of pyridine rings is 1. The maximum atomic E-state index is 13.0. The summed E-state index contributed by atoms with van der Waals surface area (Å²) in [6.07, 6.45) is 5.63. The van der Waals surface area contributed by atoms with Crippen molar-refractivity contribution in [2.24, 2.45) is 0 Å². The van der Waals surface area contributed by atoms with Crippen molar-refractivity contribution in [1.29, 1.82) is 0 Å². The van der Waals surface area contributed by atoms with Crippen LogP contribution in [0.5, 0.6) is 0 Å². The topological polar surface area (TPSA) is 171 Å². The van der Waals surface area contributed by atoms with Gasteiger partial charge in [-0.3, -0.25) is 15.0 Å². The van der Waals surface area contributed by atoms with E-state index in [4.69, 9.17) is 20.2 Å². The van der Waals surface area contributed by atoms with Crippen molar-refractivity contribution in [3.63, 3.8) is 0 Å². The molecule has 4 N–H and O–H groups in total. The summed E-state index contributed by atoms with van der Waals surface area (Å²) in [6.45, 7) is 0.443. The van der Waals surface area contributed by atoms with Gasteiger partial charge < -0.3 is 15.2 Å². The third kappa shape index (κ3) is 5.53. The van der Waals surface area contributed by atoms with Gasteiger partial charge in [0, 0.05) is 42.2 Å². The van der Waals surface area contributed by atoms with E-state index in [0.717, 1.165) is 23.1 Å². The number of hydroxylamine groups is 1. The number of benzene rings is 1. The molecule has 0 atom stereocenters. The Morgan fingerprint density at radius 2 is 1.85 bits per heavy atom. The highest BCUT2D eigenvalue weighted by molar-refractivity contribution is 7.91. The number of aromatic nitrogens is 4. The molecule has 0 spiro atoms. The van der Waals surface area contributed by atoms with E-state index >= 15 is 0 Å². The molecule has 1 amide bonds. The van der Waals surface area contributed by atoms with Crippen LogP contribution in [0, 0.1) is 0 Å². The molecule has 0 aliphatic heterocycles. The normalized spacial score (nSPS) is 19.3. The number of nitrogen functional groups attached to an aromatic ring is 1. The molecule has 0 radical (unpaired) electrons. The van der Waals surface area contributed by atoms with Gasteiger partial charge in [0.2, 0.25) is 0 Å². The lowest BCUT2D eigenvalue weighted by molar-refractivity contribution is -0.163. The fourth-order valence-electron chi connectivity index (χ4n) is 5.43. The third-order valence-electron chi connectivity index (χ3n) is 7.54. The quantitative estimate of drug-likeness (QED) is 0.152. The lowest BCUT2D eigenvalue weighted by atomic mass is 9.76. The number of hydrogen-bond acceptors (Lipinski definition) is 10. The van der Waals surface area contributed by atoms with Crippen molar-refractivity contribution >= 4 is 27.2 Å². The van der Waals surface area contributed by atoms with E-state index in [1.54, 1.807) is 17.9 Å². The molecule has 0 unspecified atom stereocenters. The van der Waals surface area contributed by atoms with Gasteiger partial charge in [-0.05, 0) is 31.7 Å². The highest BCUT2D eigenvalue weighted by Gasteiger charge is 2.44. The minimum Gasteiger partial charge on any atom is -0.382 e. The number of nitrogens with zero attached hydrogens (tertiary/aromatic N) is 4. The molecule has 1 saturated carbocycles. The lowest BCUT2D eigenvalue weighted by Crippen LogP contribution is -2.50. The van der Waals surface area contributed by atoms with Crippen LogP contribution in [0.1, 0.15) is 37.3 Å². The van der Waals surface area contributed by atoms with Crippen LogP contribution in [0.15, 0.2) is 59.8 Å². The smallest absolute Gasteiger partial charge is 0.275 e. The number of amides is 1. The van der Waals surface area contributed by atoms with Crippen LogP contribution in [0.3, 0.4) is 0 Å². The van der Waals surface area contributed by atoms with E-state index in [1.165, 1.54) is 11.6 Å². The van der Waals surface area contributed by atoms with E-state index in [0.29, 0.717) is 29.7 Å². The average Bonchev–Trinajstić information content (AvgIpc) is 3.41. The molecule has 1 aliphatic rings.